The van der Waals surface area contributed by atoms with Crippen molar-refractivity contribution in [2.75, 3.05) is 13.2 Å². The summed E-state index contributed by atoms with van der Waals surface area (Å²) >= 11 is 5.83. The quantitative estimate of drug-likeness (QED) is 0.730. The third kappa shape index (κ3) is 5.39. The molecule has 0 spiro atoms. The molecular formula is C17H18ClNO3. The monoisotopic (exact) mass is 319 g/mol. The molecule has 0 saturated carbocycles. The summed E-state index contributed by atoms with van der Waals surface area (Å²) in [5.41, 5.74) is 1.41. The van der Waals surface area contributed by atoms with Gasteiger partial charge >= 0.3 is 5.97 Å². The van der Waals surface area contributed by atoms with E-state index in [1.165, 1.54) is 11.6 Å². The van der Waals surface area contributed by atoms with Crippen molar-refractivity contribution in [3.05, 3.63) is 64.7 Å². The van der Waals surface area contributed by atoms with Crippen LogP contribution in [-0.2, 0) is 6.54 Å². The van der Waals surface area contributed by atoms with Crippen LogP contribution >= 0.6 is 11.6 Å². The lowest BCUT2D eigenvalue weighted by Gasteiger charge is -2.08. The van der Waals surface area contributed by atoms with E-state index in [4.69, 9.17) is 21.4 Å². The number of benzene rings is 2. The molecule has 2 N–H and O–H groups in total. The summed E-state index contributed by atoms with van der Waals surface area (Å²) in [6.07, 6.45) is 0.838. The maximum Gasteiger partial charge on any atom is 0.335 e. The van der Waals surface area contributed by atoms with Crippen LogP contribution in [0.1, 0.15) is 22.3 Å². The fourth-order valence-corrected chi connectivity index (χ4v) is 2.07. The van der Waals surface area contributed by atoms with Crippen LogP contribution in [0.2, 0.25) is 5.02 Å². The van der Waals surface area contributed by atoms with Gasteiger partial charge in [-0.2, -0.15) is 0 Å². The molecule has 0 aromatic heterocycles. The Labute approximate surface area is 134 Å². The summed E-state index contributed by atoms with van der Waals surface area (Å²) in [5.74, 6) is -0.368. The number of aromatic carboxylic acids is 1. The predicted molar refractivity (Wildman–Crippen MR) is 86.7 cm³/mol. The van der Waals surface area contributed by atoms with Gasteiger partial charge in [0, 0.05) is 11.6 Å². The maximum absolute atomic E-state index is 10.9. The van der Waals surface area contributed by atoms with Crippen molar-refractivity contribution < 1.29 is 14.6 Å². The summed E-state index contributed by atoms with van der Waals surface area (Å²) in [7, 11) is 0. The minimum atomic E-state index is -0.949. The first-order valence-electron chi connectivity index (χ1n) is 7.06. The lowest BCUT2D eigenvalue weighted by molar-refractivity contribution is 0.0696. The number of hydrogen-bond donors (Lipinski definition) is 2. The van der Waals surface area contributed by atoms with Crippen LogP contribution in [0.25, 0.3) is 0 Å². The number of ether oxygens (including phenoxy) is 1. The Hall–Kier alpha value is -2.04. The maximum atomic E-state index is 10.9. The Balaban J connectivity index is 1.64. The first-order chi connectivity index (χ1) is 10.6. The van der Waals surface area contributed by atoms with Gasteiger partial charge < -0.3 is 15.2 Å². The first-order valence-corrected chi connectivity index (χ1v) is 7.44. The molecule has 2 rings (SSSR count). The van der Waals surface area contributed by atoms with E-state index in [1.807, 2.05) is 24.3 Å². The molecule has 2 aromatic carbocycles. The molecule has 0 unspecified atom stereocenters. The molecule has 0 aliphatic rings. The molecule has 0 saturated heterocycles. The van der Waals surface area contributed by atoms with Gasteiger partial charge in [0.15, 0.2) is 0 Å². The van der Waals surface area contributed by atoms with Gasteiger partial charge in [0.2, 0.25) is 0 Å². The smallest absolute Gasteiger partial charge is 0.335 e. The summed E-state index contributed by atoms with van der Waals surface area (Å²) in [4.78, 5) is 10.9. The van der Waals surface area contributed by atoms with E-state index in [2.05, 4.69) is 5.32 Å². The van der Waals surface area contributed by atoms with Crippen LogP contribution in [0.4, 0.5) is 0 Å². The predicted octanol–water partition coefficient (Wildman–Crippen LogP) is 3.60. The van der Waals surface area contributed by atoms with Gasteiger partial charge in [0.1, 0.15) is 5.75 Å². The molecule has 4 nitrogen and oxygen atoms in total. The number of halogens is 1. The standard InChI is InChI=1S/C17H18ClNO3/c18-15-7-5-13(6-8-15)12-19-9-2-10-22-16-4-1-3-14(11-16)17(20)21/h1,3-8,11,19H,2,9-10,12H2,(H,20,21). The number of rotatable bonds is 8. The number of carboxylic acids is 1. The molecule has 2 aromatic rings. The van der Waals surface area contributed by atoms with Crippen molar-refractivity contribution in [2.45, 2.75) is 13.0 Å². The molecule has 5 heteroatoms. The fraction of sp³-hybridized carbons (Fsp3) is 0.235. The SMILES string of the molecule is O=C(O)c1cccc(OCCCNCc2ccc(Cl)cc2)c1. The molecule has 0 radical (unpaired) electrons. The lowest BCUT2D eigenvalue weighted by atomic mass is 10.2. The molecule has 0 amide bonds. The van der Waals surface area contributed by atoms with Gasteiger partial charge in [0.25, 0.3) is 0 Å². The van der Waals surface area contributed by atoms with E-state index in [0.717, 1.165) is 24.5 Å². The van der Waals surface area contributed by atoms with Crippen LogP contribution < -0.4 is 10.1 Å². The van der Waals surface area contributed by atoms with Crippen molar-refractivity contribution in [2.24, 2.45) is 0 Å². The molecule has 0 heterocycles. The van der Waals surface area contributed by atoms with Crippen LogP contribution in [0.5, 0.6) is 5.75 Å². The zero-order chi connectivity index (χ0) is 15.8. The van der Waals surface area contributed by atoms with Gasteiger partial charge in [-0.1, -0.05) is 29.8 Å². The lowest BCUT2D eigenvalue weighted by Crippen LogP contribution is -2.17. The highest BCUT2D eigenvalue weighted by molar-refractivity contribution is 6.30. The van der Waals surface area contributed by atoms with E-state index in [-0.39, 0.29) is 5.56 Å². The number of carbonyl (C=O) groups is 1. The summed E-state index contributed by atoms with van der Waals surface area (Å²) in [6, 6.07) is 14.2. The summed E-state index contributed by atoms with van der Waals surface area (Å²) < 4.78 is 5.54. The average molecular weight is 320 g/mol. The second kappa shape index (κ2) is 8.41. The average Bonchev–Trinajstić information content (AvgIpc) is 2.52. The molecule has 116 valence electrons. The van der Waals surface area contributed by atoms with Crippen LogP contribution in [0.3, 0.4) is 0 Å². The normalized spacial score (nSPS) is 10.4. The topological polar surface area (TPSA) is 58.6 Å². The van der Waals surface area contributed by atoms with Gasteiger partial charge in [0.05, 0.1) is 12.2 Å². The Morgan fingerprint density at radius 3 is 2.68 bits per heavy atom. The van der Waals surface area contributed by atoms with E-state index in [0.29, 0.717) is 12.4 Å². The Morgan fingerprint density at radius 2 is 1.95 bits per heavy atom. The van der Waals surface area contributed by atoms with Crippen molar-refractivity contribution in [1.29, 1.82) is 0 Å². The molecule has 0 fully saturated rings. The third-order valence-electron chi connectivity index (χ3n) is 3.09. The zero-order valence-corrected chi connectivity index (χ0v) is 12.8. The van der Waals surface area contributed by atoms with E-state index in [1.54, 1.807) is 18.2 Å². The van der Waals surface area contributed by atoms with E-state index >= 15 is 0 Å². The van der Waals surface area contributed by atoms with Crippen LogP contribution in [-0.4, -0.2) is 24.2 Å². The minimum Gasteiger partial charge on any atom is -0.494 e. The van der Waals surface area contributed by atoms with Gasteiger partial charge in [-0.25, -0.2) is 4.79 Å². The molecule has 22 heavy (non-hydrogen) atoms. The van der Waals surface area contributed by atoms with E-state index in [9.17, 15) is 4.79 Å². The highest BCUT2D eigenvalue weighted by atomic mass is 35.5. The second-order valence-electron chi connectivity index (χ2n) is 4.84. The first kappa shape index (κ1) is 16.3. The number of nitrogens with one attached hydrogen (secondary N) is 1. The minimum absolute atomic E-state index is 0.235. The fourth-order valence-electron chi connectivity index (χ4n) is 1.94. The van der Waals surface area contributed by atoms with Crippen molar-refractivity contribution in [1.82, 2.24) is 5.32 Å². The zero-order valence-electron chi connectivity index (χ0n) is 12.1. The Bertz CT molecular complexity index is 614. The molecule has 0 atom stereocenters. The highest BCUT2D eigenvalue weighted by Gasteiger charge is 2.03. The number of hydrogen-bond acceptors (Lipinski definition) is 3. The Kier molecular flexibility index (Phi) is 6.25. The summed E-state index contributed by atoms with van der Waals surface area (Å²) in [6.45, 7) is 2.14. The van der Waals surface area contributed by atoms with Gasteiger partial charge in [-0.05, 0) is 48.9 Å². The highest BCUT2D eigenvalue weighted by Crippen LogP contribution is 2.13. The Morgan fingerprint density at radius 1 is 1.18 bits per heavy atom. The van der Waals surface area contributed by atoms with Crippen LogP contribution in [0, 0.1) is 0 Å². The molecule has 0 aliphatic heterocycles. The molecule has 0 aliphatic carbocycles. The third-order valence-corrected chi connectivity index (χ3v) is 3.34. The van der Waals surface area contributed by atoms with Crippen LogP contribution in [0.15, 0.2) is 48.5 Å². The van der Waals surface area contributed by atoms with E-state index < -0.39 is 5.97 Å². The molecular weight excluding hydrogens is 302 g/mol. The van der Waals surface area contributed by atoms with Crippen molar-refractivity contribution >= 4 is 17.6 Å². The summed E-state index contributed by atoms with van der Waals surface area (Å²) in [5, 5.41) is 13.0. The number of carboxylic acid groups (broad SMARTS) is 1. The van der Waals surface area contributed by atoms with Crippen molar-refractivity contribution in [3.8, 4) is 5.75 Å². The largest absolute Gasteiger partial charge is 0.494 e. The molecule has 0 bridgehead atoms. The second-order valence-corrected chi connectivity index (χ2v) is 5.27. The van der Waals surface area contributed by atoms with Crippen molar-refractivity contribution in [3.63, 3.8) is 0 Å². The van der Waals surface area contributed by atoms with Gasteiger partial charge in [-0.15, -0.1) is 0 Å². The van der Waals surface area contributed by atoms with Gasteiger partial charge in [-0.3, -0.25) is 0 Å².